The molecule has 19 heavy (non-hydrogen) atoms. The fourth-order valence-corrected chi connectivity index (χ4v) is 2.48. The third kappa shape index (κ3) is 3.43. The maximum atomic E-state index is 10.1. The van der Waals surface area contributed by atoms with Gasteiger partial charge in [-0.05, 0) is 39.9 Å². The lowest BCUT2D eigenvalue weighted by atomic mass is 10.0. The summed E-state index contributed by atoms with van der Waals surface area (Å²) in [5.41, 5.74) is 2.08. The molecule has 1 aliphatic heterocycles. The number of aliphatic hydroxyl groups is 1. The Morgan fingerprint density at radius 3 is 2.74 bits per heavy atom. The van der Waals surface area contributed by atoms with Crippen LogP contribution in [0.1, 0.15) is 29.7 Å². The van der Waals surface area contributed by atoms with Crippen LogP contribution in [0.15, 0.2) is 6.20 Å². The SMILES string of the molecule is Cc1ncc(CO)c(CNC2CCN(C)CC2)c1O. The summed E-state index contributed by atoms with van der Waals surface area (Å²) in [4.78, 5) is 6.40. The van der Waals surface area contributed by atoms with Gasteiger partial charge in [-0.2, -0.15) is 0 Å². The summed E-state index contributed by atoms with van der Waals surface area (Å²) in [7, 11) is 2.14. The number of likely N-dealkylation sites (tertiary alicyclic amines) is 1. The number of rotatable bonds is 4. The highest BCUT2D eigenvalue weighted by molar-refractivity contribution is 5.40. The van der Waals surface area contributed by atoms with Gasteiger partial charge in [-0.1, -0.05) is 0 Å². The molecule has 0 amide bonds. The zero-order valence-electron chi connectivity index (χ0n) is 11.7. The summed E-state index contributed by atoms with van der Waals surface area (Å²) >= 11 is 0. The molecule has 0 atom stereocenters. The Balaban J connectivity index is 2.01. The summed E-state index contributed by atoms with van der Waals surface area (Å²) in [5, 5.41) is 22.9. The molecule has 0 spiro atoms. The fraction of sp³-hybridized carbons (Fsp3) is 0.643. The Morgan fingerprint density at radius 1 is 1.42 bits per heavy atom. The minimum Gasteiger partial charge on any atom is -0.506 e. The lowest BCUT2D eigenvalue weighted by molar-refractivity contribution is 0.233. The largest absolute Gasteiger partial charge is 0.506 e. The van der Waals surface area contributed by atoms with E-state index in [9.17, 15) is 10.2 Å². The third-order valence-electron chi connectivity index (χ3n) is 3.89. The number of nitrogens with zero attached hydrogens (tertiary/aromatic N) is 2. The molecule has 5 heteroatoms. The Morgan fingerprint density at radius 2 is 2.11 bits per heavy atom. The van der Waals surface area contributed by atoms with Gasteiger partial charge in [0.05, 0.1) is 12.3 Å². The molecule has 1 aliphatic rings. The maximum Gasteiger partial charge on any atom is 0.141 e. The molecule has 0 radical (unpaired) electrons. The van der Waals surface area contributed by atoms with Crippen LogP contribution in [0.4, 0.5) is 0 Å². The van der Waals surface area contributed by atoms with Crippen molar-refractivity contribution >= 4 is 0 Å². The first-order valence-electron chi connectivity index (χ1n) is 6.81. The number of aliphatic hydroxyl groups excluding tert-OH is 1. The van der Waals surface area contributed by atoms with E-state index in [1.54, 1.807) is 13.1 Å². The Hall–Kier alpha value is -1.17. The minimum atomic E-state index is -0.0920. The number of aromatic hydroxyl groups is 1. The van der Waals surface area contributed by atoms with E-state index in [2.05, 4.69) is 22.2 Å². The minimum absolute atomic E-state index is 0.0920. The molecule has 0 aromatic carbocycles. The highest BCUT2D eigenvalue weighted by Crippen LogP contribution is 2.24. The standard InChI is InChI=1S/C14H23N3O2/c1-10-14(19)13(11(9-18)7-15-10)8-16-12-3-5-17(2)6-4-12/h7,12,16,18-19H,3-6,8-9H2,1-2H3. The highest BCUT2D eigenvalue weighted by atomic mass is 16.3. The van der Waals surface area contributed by atoms with Gasteiger partial charge in [-0.3, -0.25) is 4.98 Å². The van der Waals surface area contributed by atoms with Crippen molar-refractivity contribution in [3.63, 3.8) is 0 Å². The van der Waals surface area contributed by atoms with E-state index < -0.39 is 0 Å². The highest BCUT2D eigenvalue weighted by Gasteiger charge is 2.18. The smallest absolute Gasteiger partial charge is 0.141 e. The summed E-state index contributed by atoms with van der Waals surface area (Å²) in [5.74, 6) is 0.201. The Kier molecular flexibility index (Phi) is 4.74. The predicted octanol–water partition coefficient (Wildman–Crippen LogP) is 0.772. The first-order valence-corrected chi connectivity index (χ1v) is 6.81. The van der Waals surface area contributed by atoms with Crippen molar-refractivity contribution in [2.24, 2.45) is 0 Å². The van der Waals surface area contributed by atoms with Crippen molar-refractivity contribution < 1.29 is 10.2 Å². The van der Waals surface area contributed by atoms with Crippen LogP contribution in [0.25, 0.3) is 0 Å². The molecule has 0 unspecified atom stereocenters. The van der Waals surface area contributed by atoms with E-state index in [1.807, 2.05) is 0 Å². The molecule has 0 bridgehead atoms. The predicted molar refractivity (Wildman–Crippen MR) is 73.9 cm³/mol. The molecule has 3 N–H and O–H groups in total. The van der Waals surface area contributed by atoms with Gasteiger partial charge in [-0.25, -0.2) is 0 Å². The molecule has 1 saturated heterocycles. The Labute approximate surface area is 114 Å². The van der Waals surface area contributed by atoms with E-state index in [4.69, 9.17) is 0 Å². The van der Waals surface area contributed by atoms with Gasteiger partial charge in [0.1, 0.15) is 5.75 Å². The van der Waals surface area contributed by atoms with Crippen LogP contribution in [0, 0.1) is 6.92 Å². The van der Waals surface area contributed by atoms with Crippen LogP contribution in [-0.2, 0) is 13.2 Å². The van der Waals surface area contributed by atoms with Crippen LogP contribution in [0.2, 0.25) is 0 Å². The molecule has 5 nitrogen and oxygen atoms in total. The van der Waals surface area contributed by atoms with Gasteiger partial charge in [-0.15, -0.1) is 0 Å². The first kappa shape index (κ1) is 14.2. The summed E-state index contributed by atoms with van der Waals surface area (Å²) in [6.45, 7) is 4.47. The molecular formula is C14H23N3O2. The molecule has 1 aromatic rings. The molecule has 0 aliphatic carbocycles. The zero-order valence-corrected chi connectivity index (χ0v) is 11.7. The lowest BCUT2D eigenvalue weighted by Gasteiger charge is -2.29. The van der Waals surface area contributed by atoms with Crippen molar-refractivity contribution in [3.8, 4) is 5.75 Å². The second-order valence-electron chi connectivity index (χ2n) is 5.31. The van der Waals surface area contributed by atoms with E-state index in [0.29, 0.717) is 23.8 Å². The van der Waals surface area contributed by atoms with Gasteiger partial charge >= 0.3 is 0 Å². The molecule has 1 aromatic heterocycles. The number of pyridine rings is 1. The zero-order chi connectivity index (χ0) is 13.8. The third-order valence-corrected chi connectivity index (χ3v) is 3.89. The molecule has 1 fully saturated rings. The number of aryl methyl sites for hydroxylation is 1. The monoisotopic (exact) mass is 265 g/mol. The van der Waals surface area contributed by atoms with Crippen LogP contribution in [-0.4, -0.2) is 46.3 Å². The van der Waals surface area contributed by atoms with E-state index in [0.717, 1.165) is 31.5 Å². The molecule has 2 rings (SSSR count). The second kappa shape index (κ2) is 6.32. The van der Waals surface area contributed by atoms with E-state index >= 15 is 0 Å². The Bertz CT molecular complexity index is 429. The second-order valence-corrected chi connectivity index (χ2v) is 5.31. The molecule has 2 heterocycles. The van der Waals surface area contributed by atoms with Gasteiger partial charge in [0.2, 0.25) is 0 Å². The van der Waals surface area contributed by atoms with E-state index in [1.165, 1.54) is 0 Å². The van der Waals surface area contributed by atoms with Crippen LogP contribution in [0.5, 0.6) is 5.75 Å². The quantitative estimate of drug-likeness (QED) is 0.750. The van der Waals surface area contributed by atoms with Gasteiger partial charge < -0.3 is 20.4 Å². The van der Waals surface area contributed by atoms with Gasteiger partial charge in [0.25, 0.3) is 0 Å². The van der Waals surface area contributed by atoms with Gasteiger partial charge in [0, 0.05) is 29.9 Å². The molecule has 106 valence electrons. The average molecular weight is 265 g/mol. The summed E-state index contributed by atoms with van der Waals surface area (Å²) < 4.78 is 0. The topological polar surface area (TPSA) is 68.6 Å². The summed E-state index contributed by atoms with van der Waals surface area (Å²) in [6.07, 6.45) is 3.88. The van der Waals surface area contributed by atoms with Crippen LogP contribution >= 0.6 is 0 Å². The van der Waals surface area contributed by atoms with E-state index in [-0.39, 0.29) is 12.4 Å². The fourth-order valence-electron chi connectivity index (χ4n) is 2.48. The summed E-state index contributed by atoms with van der Waals surface area (Å²) in [6, 6.07) is 0.482. The van der Waals surface area contributed by atoms with Crippen LogP contribution < -0.4 is 5.32 Å². The van der Waals surface area contributed by atoms with Gasteiger partial charge in [0.15, 0.2) is 0 Å². The van der Waals surface area contributed by atoms with Crippen molar-refractivity contribution in [2.45, 2.75) is 39.0 Å². The number of hydrogen-bond acceptors (Lipinski definition) is 5. The normalized spacial score (nSPS) is 17.8. The number of nitrogens with one attached hydrogen (secondary N) is 1. The molecular weight excluding hydrogens is 242 g/mol. The average Bonchev–Trinajstić information content (AvgIpc) is 2.42. The first-order chi connectivity index (χ1) is 9.11. The number of hydrogen-bond donors (Lipinski definition) is 3. The molecule has 0 saturated carbocycles. The lowest BCUT2D eigenvalue weighted by Crippen LogP contribution is -2.40. The van der Waals surface area contributed by atoms with Crippen molar-refractivity contribution in [1.82, 2.24) is 15.2 Å². The maximum absolute atomic E-state index is 10.1. The number of piperidine rings is 1. The van der Waals surface area contributed by atoms with Crippen molar-refractivity contribution in [2.75, 3.05) is 20.1 Å². The number of aromatic nitrogens is 1. The van der Waals surface area contributed by atoms with Crippen LogP contribution in [0.3, 0.4) is 0 Å². The van der Waals surface area contributed by atoms with Crippen molar-refractivity contribution in [3.05, 3.63) is 23.0 Å². The van der Waals surface area contributed by atoms with Crippen molar-refractivity contribution in [1.29, 1.82) is 0 Å².